The maximum absolute atomic E-state index is 13.1. The second kappa shape index (κ2) is 7.82. The van der Waals surface area contributed by atoms with Crippen molar-refractivity contribution in [3.05, 3.63) is 65.7 Å². The Hall–Kier alpha value is -3.35. The summed E-state index contributed by atoms with van der Waals surface area (Å²) in [6.45, 7) is 2.85. The number of piperazine rings is 1. The molecule has 0 saturated carbocycles. The quantitative estimate of drug-likeness (QED) is 0.733. The van der Waals surface area contributed by atoms with Crippen molar-refractivity contribution >= 4 is 23.5 Å². The molecule has 156 valence electrons. The lowest BCUT2D eigenvalue weighted by Gasteiger charge is -2.35. The van der Waals surface area contributed by atoms with E-state index in [1.165, 1.54) is 4.90 Å². The maximum Gasteiger partial charge on any atom is 0.328 e. The van der Waals surface area contributed by atoms with Gasteiger partial charge in [0.2, 0.25) is 0 Å². The molecule has 0 aromatic heterocycles. The van der Waals surface area contributed by atoms with E-state index in [0.717, 1.165) is 11.3 Å². The zero-order valence-corrected chi connectivity index (χ0v) is 17.5. The molecule has 4 amide bonds. The molecule has 2 aromatic carbocycles. The van der Waals surface area contributed by atoms with Crippen LogP contribution in [0.25, 0.3) is 0 Å². The molecule has 2 fully saturated rings. The Morgan fingerprint density at radius 3 is 2.30 bits per heavy atom. The summed E-state index contributed by atoms with van der Waals surface area (Å²) in [5.74, 6) is -0.355. The van der Waals surface area contributed by atoms with Gasteiger partial charge in [-0.25, -0.2) is 4.79 Å². The molecule has 0 spiro atoms. The number of hydrogen-bond donors (Lipinski definition) is 0. The fourth-order valence-electron chi connectivity index (χ4n) is 4.12. The molecular formula is C23H26N4O3. The molecule has 0 radical (unpaired) electrons. The molecule has 2 aliphatic rings. The Labute approximate surface area is 176 Å². The van der Waals surface area contributed by atoms with Crippen LogP contribution in [0.1, 0.15) is 28.9 Å². The third-order valence-corrected chi connectivity index (χ3v) is 5.94. The third-order valence-electron chi connectivity index (χ3n) is 5.94. The van der Waals surface area contributed by atoms with Gasteiger partial charge in [0.15, 0.2) is 0 Å². The first-order valence-electron chi connectivity index (χ1n) is 10.1. The fourth-order valence-corrected chi connectivity index (χ4v) is 4.12. The topological polar surface area (TPSA) is 64.2 Å². The highest BCUT2D eigenvalue weighted by atomic mass is 16.2. The van der Waals surface area contributed by atoms with Crippen LogP contribution in [0.3, 0.4) is 0 Å². The number of nitrogens with zero attached hydrogens (tertiary/aromatic N) is 4. The van der Waals surface area contributed by atoms with Gasteiger partial charge in [-0.2, -0.15) is 0 Å². The Balaban J connectivity index is 1.50. The summed E-state index contributed by atoms with van der Waals surface area (Å²) in [5.41, 5.74) is 2.51. The molecule has 2 atom stereocenters. The van der Waals surface area contributed by atoms with Crippen LogP contribution in [-0.2, 0) is 4.79 Å². The summed E-state index contributed by atoms with van der Waals surface area (Å²) in [6.07, 6.45) is 0. The Morgan fingerprint density at radius 1 is 1.00 bits per heavy atom. The molecule has 2 unspecified atom stereocenters. The van der Waals surface area contributed by atoms with Gasteiger partial charge in [-0.05, 0) is 36.8 Å². The van der Waals surface area contributed by atoms with Gasteiger partial charge in [-0.3, -0.25) is 14.5 Å². The Bertz CT molecular complexity index is 958. The first-order chi connectivity index (χ1) is 14.4. The SMILES string of the molecule is CC(c1ccccc1)N1C(=O)C2CN(C(=O)c3ccc(N(C)C)cc3)CCN2C1=O. The molecule has 30 heavy (non-hydrogen) atoms. The van der Waals surface area contributed by atoms with Gasteiger partial charge in [-0.1, -0.05) is 30.3 Å². The first-order valence-corrected chi connectivity index (χ1v) is 10.1. The van der Waals surface area contributed by atoms with Gasteiger partial charge in [0.05, 0.1) is 12.6 Å². The minimum atomic E-state index is -0.623. The number of hydrogen-bond acceptors (Lipinski definition) is 4. The monoisotopic (exact) mass is 406 g/mol. The van der Waals surface area contributed by atoms with Crippen molar-refractivity contribution in [2.24, 2.45) is 0 Å². The van der Waals surface area contributed by atoms with Gasteiger partial charge < -0.3 is 14.7 Å². The minimum Gasteiger partial charge on any atom is -0.378 e. The van der Waals surface area contributed by atoms with Gasteiger partial charge in [-0.15, -0.1) is 0 Å². The van der Waals surface area contributed by atoms with Crippen molar-refractivity contribution < 1.29 is 14.4 Å². The van der Waals surface area contributed by atoms with Gasteiger partial charge in [0.1, 0.15) is 6.04 Å². The highest BCUT2D eigenvalue weighted by Crippen LogP contribution is 2.30. The lowest BCUT2D eigenvalue weighted by molar-refractivity contribution is -0.130. The van der Waals surface area contributed by atoms with E-state index in [2.05, 4.69) is 0 Å². The molecular weight excluding hydrogens is 380 g/mol. The predicted octanol–water partition coefficient (Wildman–Crippen LogP) is 2.60. The zero-order chi connectivity index (χ0) is 21.4. The van der Waals surface area contributed by atoms with Crippen molar-refractivity contribution in [1.82, 2.24) is 14.7 Å². The molecule has 0 bridgehead atoms. The van der Waals surface area contributed by atoms with E-state index >= 15 is 0 Å². The number of rotatable bonds is 4. The van der Waals surface area contributed by atoms with Crippen LogP contribution >= 0.6 is 0 Å². The van der Waals surface area contributed by atoms with Crippen LogP contribution in [0.4, 0.5) is 10.5 Å². The number of benzene rings is 2. The molecule has 7 heteroatoms. The van der Waals surface area contributed by atoms with Gasteiger partial charge >= 0.3 is 6.03 Å². The average Bonchev–Trinajstić information content (AvgIpc) is 3.03. The summed E-state index contributed by atoms with van der Waals surface area (Å²) in [4.78, 5) is 45.6. The molecule has 0 N–H and O–H groups in total. The smallest absolute Gasteiger partial charge is 0.328 e. The van der Waals surface area contributed by atoms with E-state index in [1.807, 2.05) is 68.4 Å². The summed E-state index contributed by atoms with van der Waals surface area (Å²) in [5, 5.41) is 0. The molecule has 7 nitrogen and oxygen atoms in total. The van der Waals surface area contributed by atoms with Crippen molar-refractivity contribution in [3.8, 4) is 0 Å². The number of carbonyl (C=O) groups is 3. The van der Waals surface area contributed by atoms with Crippen molar-refractivity contribution in [3.63, 3.8) is 0 Å². The number of urea groups is 1. The van der Waals surface area contributed by atoms with Crippen molar-refractivity contribution in [2.45, 2.75) is 19.0 Å². The summed E-state index contributed by atoms with van der Waals surface area (Å²) < 4.78 is 0. The second-order valence-electron chi connectivity index (χ2n) is 7.98. The summed E-state index contributed by atoms with van der Waals surface area (Å²) in [7, 11) is 3.89. The molecule has 2 heterocycles. The van der Waals surface area contributed by atoms with Crippen LogP contribution in [0.15, 0.2) is 54.6 Å². The van der Waals surface area contributed by atoms with Crippen LogP contribution in [0.2, 0.25) is 0 Å². The van der Waals surface area contributed by atoms with E-state index < -0.39 is 6.04 Å². The lowest BCUT2D eigenvalue weighted by atomic mass is 10.1. The number of imide groups is 1. The third kappa shape index (κ3) is 3.40. The first kappa shape index (κ1) is 19.9. The maximum atomic E-state index is 13.1. The summed E-state index contributed by atoms with van der Waals surface area (Å²) >= 11 is 0. The van der Waals surface area contributed by atoms with Crippen LogP contribution < -0.4 is 4.90 Å². The van der Waals surface area contributed by atoms with E-state index in [0.29, 0.717) is 18.7 Å². The van der Waals surface area contributed by atoms with Crippen LogP contribution in [0, 0.1) is 0 Å². The van der Waals surface area contributed by atoms with Crippen molar-refractivity contribution in [2.75, 3.05) is 38.6 Å². The Kier molecular flexibility index (Phi) is 5.20. The standard InChI is InChI=1S/C23H26N4O3/c1-16(17-7-5-4-6-8-17)27-22(29)20-15-25(13-14-26(20)23(27)30)21(28)18-9-11-19(12-10-18)24(2)3/h4-12,16,20H,13-15H2,1-3H3. The summed E-state index contributed by atoms with van der Waals surface area (Å²) in [6, 6.07) is 15.7. The second-order valence-corrected chi connectivity index (χ2v) is 7.98. The zero-order valence-electron chi connectivity index (χ0n) is 17.5. The van der Waals surface area contributed by atoms with E-state index in [1.54, 1.807) is 21.9 Å². The largest absolute Gasteiger partial charge is 0.378 e. The minimum absolute atomic E-state index is 0.116. The molecule has 2 aliphatic heterocycles. The Morgan fingerprint density at radius 2 is 1.67 bits per heavy atom. The number of amides is 4. The highest BCUT2D eigenvalue weighted by Gasteiger charge is 2.50. The number of carbonyl (C=O) groups excluding carboxylic acids is 3. The number of fused-ring (bicyclic) bond motifs is 1. The highest BCUT2D eigenvalue weighted by molar-refractivity contribution is 6.05. The van der Waals surface area contributed by atoms with E-state index in [4.69, 9.17) is 0 Å². The van der Waals surface area contributed by atoms with E-state index in [-0.39, 0.29) is 30.4 Å². The number of anilines is 1. The van der Waals surface area contributed by atoms with Crippen molar-refractivity contribution in [1.29, 1.82) is 0 Å². The molecule has 4 rings (SSSR count). The van der Waals surface area contributed by atoms with Gasteiger partial charge in [0, 0.05) is 38.4 Å². The molecule has 0 aliphatic carbocycles. The molecule has 2 saturated heterocycles. The van der Waals surface area contributed by atoms with E-state index in [9.17, 15) is 14.4 Å². The predicted molar refractivity (Wildman–Crippen MR) is 114 cm³/mol. The fraction of sp³-hybridized carbons (Fsp3) is 0.348. The van der Waals surface area contributed by atoms with Crippen LogP contribution in [-0.4, -0.2) is 72.3 Å². The van der Waals surface area contributed by atoms with Gasteiger partial charge in [0.25, 0.3) is 11.8 Å². The average molecular weight is 406 g/mol. The normalized spacial score (nSPS) is 19.7. The van der Waals surface area contributed by atoms with Crippen LogP contribution in [0.5, 0.6) is 0 Å². The molecule has 2 aromatic rings. The lowest BCUT2D eigenvalue weighted by Crippen LogP contribution is -2.54.